The van der Waals surface area contributed by atoms with Crippen molar-refractivity contribution in [1.29, 1.82) is 0 Å². The lowest BCUT2D eigenvalue weighted by Crippen LogP contribution is -2.47. The van der Waals surface area contributed by atoms with Crippen LogP contribution in [0, 0.1) is 0 Å². The zero-order valence-electron chi connectivity index (χ0n) is 49.3. The van der Waals surface area contributed by atoms with E-state index in [0.717, 1.165) is 89.9 Å². The molecule has 3 atom stereocenters. The van der Waals surface area contributed by atoms with Crippen LogP contribution in [0.4, 0.5) is 0 Å². The first-order valence-corrected chi connectivity index (χ1v) is 32.6. The Balaban J connectivity index is 5.24. The molecule has 10 heteroatoms. The summed E-state index contributed by atoms with van der Waals surface area (Å²) in [7, 11) is 1.18. The average Bonchev–Trinajstić information content (AvgIpc) is 3.36. The van der Waals surface area contributed by atoms with Crippen LogP contribution in [0.15, 0.2) is 60.8 Å². The number of quaternary nitrogens is 1. The summed E-state index contributed by atoms with van der Waals surface area (Å²) in [5.74, 6) is -0.547. The third-order valence-electron chi connectivity index (χ3n) is 13.7. The maximum atomic E-state index is 13.5. The predicted octanol–water partition coefficient (Wildman–Crippen LogP) is 18.4. The van der Waals surface area contributed by atoms with E-state index in [1.165, 1.54) is 161 Å². The third-order valence-corrected chi connectivity index (χ3v) is 14.6. The Labute approximate surface area is 458 Å². The van der Waals surface area contributed by atoms with Gasteiger partial charge in [-0.25, -0.2) is 0 Å². The maximum Gasteiger partial charge on any atom is 0.306 e. The first kappa shape index (κ1) is 71.7. The average molecular weight is 1060 g/mol. The number of likely N-dealkylation sites (N-methyl/N-ethyl adjacent to an activating group) is 1. The molecule has 1 amide bonds. The molecule has 1 N–H and O–H groups in total. The van der Waals surface area contributed by atoms with Crippen LogP contribution >= 0.6 is 7.82 Å². The van der Waals surface area contributed by atoms with Crippen molar-refractivity contribution in [2.75, 3.05) is 40.9 Å². The number of esters is 1. The van der Waals surface area contributed by atoms with Crippen LogP contribution in [0.1, 0.15) is 284 Å². The van der Waals surface area contributed by atoms with Crippen LogP contribution in [0.2, 0.25) is 0 Å². The Kier molecular flexibility index (Phi) is 52.4. The van der Waals surface area contributed by atoms with Crippen LogP contribution in [0.25, 0.3) is 0 Å². The summed E-state index contributed by atoms with van der Waals surface area (Å²) in [5, 5.41) is 3.02. The quantitative estimate of drug-likeness (QED) is 0.0212. The summed E-state index contributed by atoms with van der Waals surface area (Å²) in [5.41, 5.74) is 0. The van der Waals surface area contributed by atoms with Crippen molar-refractivity contribution in [2.24, 2.45) is 0 Å². The monoisotopic (exact) mass is 1060 g/mol. The molecule has 0 aromatic rings. The third kappa shape index (κ3) is 54.5. The highest BCUT2D eigenvalue weighted by Gasteiger charge is 2.27. The van der Waals surface area contributed by atoms with Gasteiger partial charge < -0.3 is 28.5 Å². The lowest BCUT2D eigenvalue weighted by atomic mass is 10.0. The summed E-state index contributed by atoms with van der Waals surface area (Å²) in [6.07, 6.45) is 67.5. The molecule has 74 heavy (non-hydrogen) atoms. The minimum Gasteiger partial charge on any atom is -0.756 e. The van der Waals surface area contributed by atoms with Gasteiger partial charge in [-0.2, -0.15) is 0 Å². The summed E-state index contributed by atoms with van der Waals surface area (Å²) < 4.78 is 30.3. The molecule has 9 nitrogen and oxygen atoms in total. The molecule has 0 spiro atoms. The number of nitrogens with zero attached hydrogens (tertiary/aromatic N) is 1. The second-order valence-corrected chi connectivity index (χ2v) is 23.6. The van der Waals surface area contributed by atoms with Crippen molar-refractivity contribution in [3.8, 4) is 0 Å². The number of phosphoric ester groups is 1. The van der Waals surface area contributed by atoms with Crippen LogP contribution in [0.3, 0.4) is 0 Å². The first-order chi connectivity index (χ1) is 35.9. The molecular weight excluding hydrogens is 940 g/mol. The number of hydrogen-bond acceptors (Lipinski definition) is 7. The van der Waals surface area contributed by atoms with Gasteiger partial charge in [0.1, 0.15) is 19.3 Å². The van der Waals surface area contributed by atoms with Gasteiger partial charge >= 0.3 is 5.97 Å². The van der Waals surface area contributed by atoms with E-state index in [0.29, 0.717) is 17.4 Å². The van der Waals surface area contributed by atoms with Gasteiger partial charge in [-0.15, -0.1) is 0 Å². The molecule has 0 rings (SSSR count). The molecule has 0 aliphatic heterocycles. The van der Waals surface area contributed by atoms with Crippen molar-refractivity contribution in [2.45, 2.75) is 296 Å². The number of ether oxygens (including phenoxy) is 1. The summed E-state index contributed by atoms with van der Waals surface area (Å²) >= 11 is 0. The smallest absolute Gasteiger partial charge is 0.306 e. The van der Waals surface area contributed by atoms with Gasteiger partial charge in [-0.1, -0.05) is 242 Å². The molecule has 0 fully saturated rings. The standard InChI is InChI=1S/C64H119N2O7P/c1-7-10-13-16-19-22-25-28-30-31-32-33-34-35-36-39-42-45-48-51-54-57-64(68)73-62(55-52-49-46-43-40-37-27-24-21-18-15-12-9-3)61(60-72-74(69,70)71-59-58-66(4,5)6)65-63(67)56-53-50-47-44-41-38-29-26-23-20-17-14-11-8-2/h11,14,19-20,22-23,28,30,52,55,61-62H,7-10,12-13,15-18,21,24-27,29,31-51,53-54,56-60H2,1-6H3,(H-,65,67,69,70)/b14-11+,22-19-,23-20+,30-28-,55-52-. The Morgan fingerprint density at radius 3 is 1.31 bits per heavy atom. The number of rotatable bonds is 56. The van der Waals surface area contributed by atoms with E-state index < -0.39 is 26.6 Å². The van der Waals surface area contributed by atoms with Crippen LogP contribution in [-0.4, -0.2) is 69.4 Å². The van der Waals surface area contributed by atoms with E-state index in [-0.39, 0.29) is 24.9 Å². The van der Waals surface area contributed by atoms with Crippen molar-refractivity contribution < 1.29 is 37.3 Å². The molecule has 0 aromatic carbocycles. The number of phosphoric acid groups is 1. The zero-order chi connectivity index (χ0) is 54.3. The Hall–Kier alpha value is -2.29. The second-order valence-electron chi connectivity index (χ2n) is 22.2. The van der Waals surface area contributed by atoms with E-state index in [1.807, 2.05) is 33.3 Å². The van der Waals surface area contributed by atoms with Crippen molar-refractivity contribution in [1.82, 2.24) is 5.32 Å². The molecule has 0 heterocycles. The molecule has 0 radical (unpaired) electrons. The minimum atomic E-state index is -4.70. The topological polar surface area (TPSA) is 114 Å². The Morgan fingerprint density at radius 1 is 0.486 bits per heavy atom. The van der Waals surface area contributed by atoms with Gasteiger partial charge in [-0.05, 0) is 89.5 Å². The fourth-order valence-corrected chi connectivity index (χ4v) is 9.61. The normalized spacial score (nSPS) is 14.1. The molecule has 0 bridgehead atoms. The molecule has 3 unspecified atom stereocenters. The number of hydrogen-bond donors (Lipinski definition) is 1. The molecule has 0 aliphatic rings. The summed E-state index contributed by atoms with van der Waals surface area (Å²) in [6.45, 7) is 6.72. The SMILES string of the molecule is CC/C=C/C/C=C/CCCCCCCCCC(=O)NC(COP(=O)([O-])OCC[N+](C)(C)C)C(/C=C\CCCCCCCCCCCCC)OC(=O)CCCCCCCCCCCCC/C=C\C/C=C\CCCCC. The van der Waals surface area contributed by atoms with E-state index >= 15 is 0 Å². The van der Waals surface area contributed by atoms with Gasteiger partial charge in [0.25, 0.3) is 7.82 Å². The summed E-state index contributed by atoms with van der Waals surface area (Å²) in [4.78, 5) is 40.0. The predicted molar refractivity (Wildman–Crippen MR) is 316 cm³/mol. The fraction of sp³-hybridized carbons (Fsp3) is 0.812. The molecule has 432 valence electrons. The van der Waals surface area contributed by atoms with E-state index in [4.69, 9.17) is 13.8 Å². The van der Waals surface area contributed by atoms with Crippen LogP contribution in [-0.2, 0) is 27.9 Å². The fourth-order valence-electron chi connectivity index (χ4n) is 8.88. The van der Waals surface area contributed by atoms with Crippen LogP contribution in [0.5, 0.6) is 0 Å². The number of unbranched alkanes of at least 4 members (excludes halogenated alkanes) is 32. The highest BCUT2D eigenvalue weighted by Crippen LogP contribution is 2.38. The van der Waals surface area contributed by atoms with Gasteiger partial charge in [0.2, 0.25) is 5.91 Å². The highest BCUT2D eigenvalue weighted by atomic mass is 31.2. The summed E-state index contributed by atoms with van der Waals surface area (Å²) in [6, 6.07) is -0.893. The van der Waals surface area contributed by atoms with Gasteiger partial charge in [0, 0.05) is 12.8 Å². The van der Waals surface area contributed by atoms with Crippen molar-refractivity contribution in [3.05, 3.63) is 60.8 Å². The zero-order valence-corrected chi connectivity index (χ0v) is 50.2. The van der Waals surface area contributed by atoms with Gasteiger partial charge in [0.05, 0.1) is 33.8 Å². The van der Waals surface area contributed by atoms with Gasteiger partial charge in [0.15, 0.2) is 0 Å². The Bertz CT molecular complexity index is 1450. The maximum absolute atomic E-state index is 13.5. The minimum absolute atomic E-state index is 0.0250. The largest absolute Gasteiger partial charge is 0.756 e. The lowest BCUT2D eigenvalue weighted by Gasteiger charge is -2.30. The second kappa shape index (κ2) is 54.1. The van der Waals surface area contributed by atoms with Gasteiger partial charge in [-0.3, -0.25) is 14.2 Å². The lowest BCUT2D eigenvalue weighted by molar-refractivity contribution is -0.870. The first-order valence-electron chi connectivity index (χ1n) is 31.1. The van der Waals surface area contributed by atoms with E-state index in [9.17, 15) is 19.0 Å². The molecule has 0 aliphatic carbocycles. The number of amides is 1. The molecule has 0 saturated heterocycles. The van der Waals surface area contributed by atoms with Crippen LogP contribution < -0.4 is 10.2 Å². The van der Waals surface area contributed by atoms with E-state index in [1.54, 1.807) is 0 Å². The molecular formula is C64H119N2O7P. The number of allylic oxidation sites excluding steroid dienone is 9. The highest BCUT2D eigenvalue weighted by molar-refractivity contribution is 7.45. The number of carbonyl (C=O) groups is 2. The molecule has 0 saturated carbocycles. The molecule has 0 aromatic heterocycles. The number of carbonyl (C=O) groups excluding carboxylic acids is 2. The Morgan fingerprint density at radius 2 is 0.865 bits per heavy atom. The van der Waals surface area contributed by atoms with Crippen molar-refractivity contribution in [3.63, 3.8) is 0 Å². The van der Waals surface area contributed by atoms with Crippen molar-refractivity contribution >= 4 is 19.7 Å². The van der Waals surface area contributed by atoms with E-state index in [2.05, 4.69) is 74.7 Å². The number of nitrogens with one attached hydrogen (secondary N) is 1.